The van der Waals surface area contributed by atoms with E-state index in [2.05, 4.69) is 0 Å². The Hall–Kier alpha value is -3.74. The second-order valence-electron chi connectivity index (χ2n) is 8.43. The number of hydrogen-bond donors (Lipinski definition) is 5. The number of rotatable bonds is 11. The minimum Gasteiger partial charge on any atom is -0.504 e. The van der Waals surface area contributed by atoms with Gasteiger partial charge in [0.05, 0.1) is 27.2 Å². The van der Waals surface area contributed by atoms with Gasteiger partial charge in [0.15, 0.2) is 34.6 Å². The molecule has 0 bridgehead atoms. The van der Waals surface area contributed by atoms with Gasteiger partial charge in [0.25, 0.3) is 0 Å². The van der Waals surface area contributed by atoms with Crippen LogP contribution in [0.25, 0.3) is 12.2 Å². The molecule has 0 aliphatic carbocycles. The molecule has 11 nitrogen and oxygen atoms in total. The molecule has 1 heterocycles. The highest BCUT2D eigenvalue weighted by atomic mass is 16.7. The van der Waals surface area contributed by atoms with Gasteiger partial charge in [-0.2, -0.15) is 0 Å². The molecule has 204 valence electrons. The predicted molar refractivity (Wildman–Crippen MR) is 135 cm³/mol. The number of ether oxygens (including phenoxy) is 4. The van der Waals surface area contributed by atoms with Crippen LogP contribution >= 0.6 is 0 Å². The maximum atomic E-state index is 12.3. The molecule has 0 spiro atoms. The lowest BCUT2D eigenvalue weighted by Crippen LogP contribution is -2.60. The number of carbonyl (C=O) groups excluding carboxylic acids is 2. The van der Waals surface area contributed by atoms with Crippen molar-refractivity contribution < 1.29 is 54.1 Å². The third kappa shape index (κ3) is 7.18. The minimum atomic E-state index is -1.59. The molecule has 38 heavy (non-hydrogen) atoms. The van der Waals surface area contributed by atoms with Crippen LogP contribution in [0.15, 0.2) is 48.6 Å². The molecule has 3 rings (SSSR count). The summed E-state index contributed by atoms with van der Waals surface area (Å²) in [6.07, 6.45) is -2.02. The third-order valence-electron chi connectivity index (χ3n) is 5.75. The predicted octanol–water partition coefficient (Wildman–Crippen LogP) is 0.843. The normalized spacial score (nSPS) is 23.5. The number of phenolic OH excluding ortho intramolecular Hbond substituents is 1. The number of ketones is 2. The lowest BCUT2D eigenvalue weighted by atomic mass is 9.99. The summed E-state index contributed by atoms with van der Waals surface area (Å²) in [5, 5.41) is 49.0. The first-order valence-corrected chi connectivity index (χ1v) is 11.6. The average Bonchev–Trinajstić information content (AvgIpc) is 2.92. The Morgan fingerprint density at radius 3 is 2.00 bits per heavy atom. The van der Waals surface area contributed by atoms with Crippen molar-refractivity contribution in [3.05, 3.63) is 59.7 Å². The van der Waals surface area contributed by atoms with Gasteiger partial charge < -0.3 is 44.5 Å². The van der Waals surface area contributed by atoms with Crippen LogP contribution < -0.4 is 14.2 Å². The van der Waals surface area contributed by atoms with Crippen molar-refractivity contribution in [1.82, 2.24) is 0 Å². The molecule has 1 aliphatic heterocycles. The van der Waals surface area contributed by atoms with E-state index in [1.807, 2.05) is 0 Å². The van der Waals surface area contributed by atoms with E-state index in [-0.39, 0.29) is 29.4 Å². The van der Waals surface area contributed by atoms with Gasteiger partial charge in [-0.1, -0.05) is 24.3 Å². The van der Waals surface area contributed by atoms with Crippen LogP contribution in [0, 0.1) is 0 Å². The molecule has 0 saturated carbocycles. The van der Waals surface area contributed by atoms with E-state index >= 15 is 0 Å². The second kappa shape index (κ2) is 13.2. The summed E-state index contributed by atoms with van der Waals surface area (Å²) in [4.78, 5) is 24.4. The molecular formula is C27H30O11. The van der Waals surface area contributed by atoms with Crippen molar-refractivity contribution in [2.24, 2.45) is 0 Å². The Labute approximate surface area is 218 Å². The van der Waals surface area contributed by atoms with Crippen LogP contribution in [0.5, 0.6) is 23.0 Å². The van der Waals surface area contributed by atoms with Crippen LogP contribution in [-0.2, 0) is 14.3 Å². The van der Waals surface area contributed by atoms with Crippen LogP contribution in [0.3, 0.4) is 0 Å². The van der Waals surface area contributed by atoms with E-state index in [4.69, 9.17) is 18.9 Å². The first-order valence-electron chi connectivity index (χ1n) is 11.6. The van der Waals surface area contributed by atoms with Crippen LogP contribution in [-0.4, -0.2) is 88.6 Å². The fourth-order valence-corrected chi connectivity index (χ4v) is 3.64. The summed E-state index contributed by atoms with van der Waals surface area (Å²) in [5.74, 6) is -0.234. The molecule has 11 heteroatoms. The zero-order valence-corrected chi connectivity index (χ0v) is 20.8. The largest absolute Gasteiger partial charge is 0.504 e. The Balaban J connectivity index is 1.61. The quantitative estimate of drug-likeness (QED) is 0.206. The lowest BCUT2D eigenvalue weighted by Gasteiger charge is -2.39. The third-order valence-corrected chi connectivity index (χ3v) is 5.75. The standard InChI is InChI=1S/C27H30O11/c1-35-21-11-15(5-9-19(21)31)3-7-17(29)13-18(30)8-4-16-6-10-20(22(12-16)36-2)37-27-26(34)25(33)24(32)23(14-28)38-27/h3-12,23-28,31-34H,13-14H2,1-2H3/b7-3+,8-4+. The topological polar surface area (TPSA) is 172 Å². The summed E-state index contributed by atoms with van der Waals surface area (Å²) >= 11 is 0. The first-order chi connectivity index (χ1) is 18.2. The zero-order chi connectivity index (χ0) is 27.8. The molecule has 0 amide bonds. The van der Waals surface area contributed by atoms with Gasteiger partial charge >= 0.3 is 0 Å². The Morgan fingerprint density at radius 1 is 0.842 bits per heavy atom. The van der Waals surface area contributed by atoms with Gasteiger partial charge in [0.2, 0.25) is 6.29 Å². The van der Waals surface area contributed by atoms with Crippen molar-refractivity contribution in [2.45, 2.75) is 37.1 Å². The summed E-state index contributed by atoms with van der Waals surface area (Å²) in [6, 6.07) is 9.21. The fourth-order valence-electron chi connectivity index (χ4n) is 3.64. The van der Waals surface area contributed by atoms with E-state index in [1.165, 1.54) is 50.7 Å². The van der Waals surface area contributed by atoms with E-state index < -0.39 is 48.9 Å². The molecule has 1 aliphatic rings. The number of allylic oxidation sites excluding steroid dienone is 2. The molecule has 0 aromatic heterocycles. The number of phenols is 1. The molecule has 5 atom stereocenters. The van der Waals surface area contributed by atoms with E-state index in [0.29, 0.717) is 11.1 Å². The number of hydrogen-bond acceptors (Lipinski definition) is 11. The maximum absolute atomic E-state index is 12.3. The van der Waals surface area contributed by atoms with Crippen LogP contribution in [0.2, 0.25) is 0 Å². The van der Waals surface area contributed by atoms with Crippen molar-refractivity contribution in [3.63, 3.8) is 0 Å². The van der Waals surface area contributed by atoms with Crippen LogP contribution in [0.4, 0.5) is 0 Å². The monoisotopic (exact) mass is 530 g/mol. The SMILES string of the molecule is COc1cc(/C=C/C(=O)CC(=O)/C=C/c2ccc(OC3OC(CO)C(O)C(O)C3O)c(OC)c2)ccc1O. The Kier molecular flexibility index (Phi) is 9.99. The smallest absolute Gasteiger partial charge is 0.229 e. The molecule has 5 unspecified atom stereocenters. The second-order valence-corrected chi connectivity index (χ2v) is 8.43. The molecule has 2 aromatic carbocycles. The van der Waals surface area contributed by atoms with E-state index in [1.54, 1.807) is 24.3 Å². The molecule has 1 saturated heterocycles. The Morgan fingerprint density at radius 2 is 1.42 bits per heavy atom. The summed E-state index contributed by atoms with van der Waals surface area (Å²) in [6.45, 7) is -0.594. The zero-order valence-electron chi connectivity index (χ0n) is 20.8. The summed E-state index contributed by atoms with van der Waals surface area (Å²) in [7, 11) is 2.79. The summed E-state index contributed by atoms with van der Waals surface area (Å²) < 4.78 is 21.3. The van der Waals surface area contributed by atoms with Gasteiger partial charge in [-0.05, 0) is 47.5 Å². The highest BCUT2D eigenvalue weighted by molar-refractivity contribution is 6.10. The minimum absolute atomic E-state index is 0.0265. The van der Waals surface area contributed by atoms with Gasteiger partial charge in [-0.15, -0.1) is 0 Å². The maximum Gasteiger partial charge on any atom is 0.229 e. The van der Waals surface area contributed by atoms with Gasteiger partial charge in [-0.25, -0.2) is 0 Å². The number of methoxy groups -OCH3 is 2. The molecule has 1 fully saturated rings. The molecular weight excluding hydrogens is 500 g/mol. The van der Waals surface area contributed by atoms with Crippen molar-refractivity contribution >= 4 is 23.7 Å². The number of benzene rings is 2. The van der Waals surface area contributed by atoms with Gasteiger partial charge in [0.1, 0.15) is 24.4 Å². The lowest BCUT2D eigenvalue weighted by molar-refractivity contribution is -0.277. The van der Waals surface area contributed by atoms with Gasteiger partial charge in [-0.3, -0.25) is 9.59 Å². The number of aliphatic hydroxyl groups is 4. The average molecular weight is 531 g/mol. The molecule has 5 N–H and O–H groups in total. The van der Waals surface area contributed by atoms with Crippen LogP contribution in [0.1, 0.15) is 17.5 Å². The fraction of sp³-hybridized carbons (Fsp3) is 0.333. The summed E-state index contributed by atoms with van der Waals surface area (Å²) in [5.41, 5.74) is 1.17. The van der Waals surface area contributed by atoms with E-state index in [9.17, 15) is 35.1 Å². The van der Waals surface area contributed by atoms with Gasteiger partial charge in [0, 0.05) is 0 Å². The highest BCUT2D eigenvalue weighted by Gasteiger charge is 2.44. The van der Waals surface area contributed by atoms with Crippen molar-refractivity contribution in [1.29, 1.82) is 0 Å². The molecule has 2 aromatic rings. The van der Waals surface area contributed by atoms with Crippen molar-refractivity contribution in [2.75, 3.05) is 20.8 Å². The molecule has 0 radical (unpaired) electrons. The van der Waals surface area contributed by atoms with Crippen molar-refractivity contribution in [3.8, 4) is 23.0 Å². The number of aliphatic hydroxyl groups excluding tert-OH is 4. The number of carbonyl (C=O) groups is 2. The number of aromatic hydroxyl groups is 1. The first kappa shape index (κ1) is 28.8. The highest BCUT2D eigenvalue weighted by Crippen LogP contribution is 2.32. The Bertz CT molecular complexity index is 1190. The van der Waals surface area contributed by atoms with E-state index in [0.717, 1.165) is 0 Å².